The van der Waals surface area contributed by atoms with Crippen molar-refractivity contribution in [2.24, 2.45) is 0 Å². The van der Waals surface area contributed by atoms with Crippen LogP contribution in [0.25, 0.3) is 0 Å². The molecule has 5 heteroatoms. The largest absolute Gasteiger partial charge is 0.462 e. The molecule has 0 amide bonds. The first-order chi connectivity index (χ1) is 23.6. The van der Waals surface area contributed by atoms with Crippen LogP contribution in [0.3, 0.4) is 0 Å². The van der Waals surface area contributed by atoms with Crippen LogP contribution < -0.4 is 0 Å². The molecule has 0 aliphatic heterocycles. The van der Waals surface area contributed by atoms with E-state index in [9.17, 15) is 14.7 Å². The Morgan fingerprint density at radius 2 is 0.833 bits per heavy atom. The van der Waals surface area contributed by atoms with Gasteiger partial charge in [0.1, 0.15) is 6.61 Å². The van der Waals surface area contributed by atoms with Gasteiger partial charge in [-0.3, -0.25) is 9.59 Å². The van der Waals surface area contributed by atoms with Crippen LogP contribution in [0.5, 0.6) is 0 Å². The van der Waals surface area contributed by atoms with Crippen LogP contribution in [-0.2, 0) is 19.1 Å². The smallest absolute Gasteiger partial charge is 0.306 e. The van der Waals surface area contributed by atoms with Crippen molar-refractivity contribution >= 4 is 11.9 Å². The number of carbonyl (C=O) groups excluding carboxylic acids is 2. The van der Waals surface area contributed by atoms with Crippen molar-refractivity contribution in [1.82, 2.24) is 0 Å². The number of aliphatic hydroxyl groups excluding tert-OH is 1. The Morgan fingerprint density at radius 3 is 1.31 bits per heavy atom. The Kier molecular flexibility index (Phi) is 37.5. The predicted octanol–water partition coefficient (Wildman–Crippen LogP) is 12.6. The van der Waals surface area contributed by atoms with Gasteiger partial charge in [0.15, 0.2) is 6.10 Å². The summed E-state index contributed by atoms with van der Waals surface area (Å²) in [4.78, 5) is 24.3. The van der Waals surface area contributed by atoms with Crippen molar-refractivity contribution in [1.29, 1.82) is 0 Å². The van der Waals surface area contributed by atoms with E-state index in [4.69, 9.17) is 9.47 Å². The van der Waals surface area contributed by atoms with Crippen molar-refractivity contribution in [2.45, 2.75) is 200 Å². The Labute approximate surface area is 297 Å². The molecule has 1 atom stereocenters. The summed E-state index contributed by atoms with van der Waals surface area (Å²) < 4.78 is 10.6. The highest BCUT2D eigenvalue weighted by Gasteiger charge is 2.16. The van der Waals surface area contributed by atoms with E-state index in [0.717, 1.165) is 64.2 Å². The first-order valence-corrected chi connectivity index (χ1v) is 20.2. The number of rotatable bonds is 36. The van der Waals surface area contributed by atoms with Crippen molar-refractivity contribution in [3.05, 3.63) is 48.6 Å². The summed E-state index contributed by atoms with van der Waals surface area (Å²) in [6.07, 6.45) is 48.8. The third kappa shape index (κ3) is 36.7. The SMILES string of the molecule is CCCCC/C=C/C/C=C/C/C=C/CCCCCCC(=O)O[C@@H](CO)COC(=O)CCCCCCCCC/C=C/CCCCCCCC. The highest BCUT2D eigenvalue weighted by Crippen LogP contribution is 2.12. The zero-order valence-electron chi connectivity index (χ0n) is 31.5. The van der Waals surface area contributed by atoms with E-state index in [1.54, 1.807) is 0 Å². The van der Waals surface area contributed by atoms with Crippen molar-refractivity contribution in [2.75, 3.05) is 13.2 Å². The number of esters is 2. The average Bonchev–Trinajstić information content (AvgIpc) is 3.09. The molecule has 0 fully saturated rings. The zero-order valence-corrected chi connectivity index (χ0v) is 31.5. The Morgan fingerprint density at radius 1 is 0.479 bits per heavy atom. The topological polar surface area (TPSA) is 72.8 Å². The minimum absolute atomic E-state index is 0.0776. The molecule has 1 N–H and O–H groups in total. The normalized spacial score (nSPS) is 12.6. The number of aliphatic hydroxyl groups is 1. The highest BCUT2D eigenvalue weighted by molar-refractivity contribution is 5.70. The molecule has 0 unspecified atom stereocenters. The molecule has 0 aliphatic carbocycles. The molecule has 0 saturated heterocycles. The van der Waals surface area contributed by atoms with Crippen LogP contribution in [0.2, 0.25) is 0 Å². The molecule has 48 heavy (non-hydrogen) atoms. The number of hydrogen-bond acceptors (Lipinski definition) is 5. The van der Waals surface area contributed by atoms with Gasteiger partial charge in [0.05, 0.1) is 6.61 Å². The van der Waals surface area contributed by atoms with Gasteiger partial charge >= 0.3 is 11.9 Å². The maximum Gasteiger partial charge on any atom is 0.306 e. The summed E-state index contributed by atoms with van der Waals surface area (Å²) in [5.41, 5.74) is 0. The Hall–Kier alpha value is -2.14. The van der Waals surface area contributed by atoms with E-state index in [2.05, 4.69) is 62.5 Å². The number of allylic oxidation sites excluding steroid dienone is 8. The second-order valence-corrected chi connectivity index (χ2v) is 13.4. The molecule has 0 aromatic carbocycles. The van der Waals surface area contributed by atoms with Crippen LogP contribution in [0.15, 0.2) is 48.6 Å². The maximum absolute atomic E-state index is 12.2. The molecule has 278 valence electrons. The fourth-order valence-corrected chi connectivity index (χ4v) is 5.50. The van der Waals surface area contributed by atoms with Crippen LogP contribution in [0.4, 0.5) is 0 Å². The highest BCUT2D eigenvalue weighted by atomic mass is 16.6. The molecule has 5 nitrogen and oxygen atoms in total. The van der Waals surface area contributed by atoms with Crippen LogP contribution in [0, 0.1) is 0 Å². The predicted molar refractivity (Wildman–Crippen MR) is 205 cm³/mol. The van der Waals surface area contributed by atoms with Gasteiger partial charge in [-0.05, 0) is 77.0 Å². The molecule has 0 aromatic rings. The summed E-state index contributed by atoms with van der Waals surface area (Å²) in [7, 11) is 0. The van der Waals surface area contributed by atoms with Crippen LogP contribution >= 0.6 is 0 Å². The average molecular weight is 673 g/mol. The van der Waals surface area contributed by atoms with Gasteiger partial charge in [0, 0.05) is 12.8 Å². The fourth-order valence-electron chi connectivity index (χ4n) is 5.50. The van der Waals surface area contributed by atoms with E-state index >= 15 is 0 Å². The van der Waals surface area contributed by atoms with Gasteiger partial charge in [0.2, 0.25) is 0 Å². The second kappa shape index (κ2) is 39.3. The molecule has 0 bridgehead atoms. The monoisotopic (exact) mass is 673 g/mol. The van der Waals surface area contributed by atoms with E-state index in [-0.39, 0.29) is 25.2 Å². The van der Waals surface area contributed by atoms with Crippen LogP contribution in [0.1, 0.15) is 194 Å². The van der Waals surface area contributed by atoms with Gasteiger partial charge in [0.25, 0.3) is 0 Å². The molecule has 0 spiro atoms. The first kappa shape index (κ1) is 45.9. The van der Waals surface area contributed by atoms with Crippen molar-refractivity contribution < 1.29 is 24.2 Å². The maximum atomic E-state index is 12.2. The number of carbonyl (C=O) groups is 2. The molecule has 0 rings (SSSR count). The van der Waals surface area contributed by atoms with Gasteiger partial charge in [-0.1, -0.05) is 152 Å². The standard InChI is InChI=1S/C43H76O5/c1-3-5-7-9-11-13-15-17-19-21-23-25-27-29-31-33-35-37-42(45)47-40-41(39-44)48-43(46)38-36-34-32-30-28-26-24-22-20-18-16-14-12-10-8-6-4-2/h12,14,17-20,24,26,41,44H,3-11,13,15-16,21-23,25,27-40H2,1-2H3/b14-12+,19-17+,20-18+,26-24+/t41-/m0/s1. The molecule has 0 saturated carbocycles. The van der Waals surface area contributed by atoms with Gasteiger partial charge in [-0.2, -0.15) is 0 Å². The van der Waals surface area contributed by atoms with Gasteiger partial charge < -0.3 is 14.6 Å². The van der Waals surface area contributed by atoms with Gasteiger partial charge in [-0.25, -0.2) is 0 Å². The third-order valence-electron chi connectivity index (χ3n) is 8.60. The summed E-state index contributed by atoms with van der Waals surface area (Å²) in [5.74, 6) is -0.621. The lowest BCUT2D eigenvalue weighted by molar-refractivity contribution is -0.161. The molecular weight excluding hydrogens is 596 g/mol. The van der Waals surface area contributed by atoms with E-state index in [1.165, 1.54) is 103 Å². The van der Waals surface area contributed by atoms with Crippen molar-refractivity contribution in [3.8, 4) is 0 Å². The molecule has 0 heterocycles. The van der Waals surface area contributed by atoms with Crippen molar-refractivity contribution in [3.63, 3.8) is 0 Å². The molecular formula is C43H76O5. The minimum atomic E-state index is -0.784. The quantitative estimate of drug-likeness (QED) is 0.0407. The number of hydrogen-bond donors (Lipinski definition) is 1. The lowest BCUT2D eigenvalue weighted by Gasteiger charge is -2.15. The zero-order chi connectivity index (χ0) is 35.0. The van der Waals surface area contributed by atoms with Gasteiger partial charge in [-0.15, -0.1) is 0 Å². The second-order valence-electron chi connectivity index (χ2n) is 13.4. The van der Waals surface area contributed by atoms with E-state index in [1.807, 2.05) is 0 Å². The lowest BCUT2D eigenvalue weighted by atomic mass is 10.1. The van der Waals surface area contributed by atoms with Crippen LogP contribution in [-0.4, -0.2) is 36.4 Å². The fraction of sp³-hybridized carbons (Fsp3) is 0.767. The molecule has 0 aliphatic rings. The molecule has 0 radical (unpaired) electrons. The minimum Gasteiger partial charge on any atom is -0.462 e. The Balaban J connectivity index is 3.61. The lowest BCUT2D eigenvalue weighted by Crippen LogP contribution is -2.28. The Bertz CT molecular complexity index is 812. The van der Waals surface area contributed by atoms with E-state index < -0.39 is 6.10 Å². The molecule has 0 aromatic heterocycles. The summed E-state index contributed by atoms with van der Waals surface area (Å²) in [6.45, 7) is 4.08. The first-order valence-electron chi connectivity index (χ1n) is 20.2. The summed E-state index contributed by atoms with van der Waals surface area (Å²) in [6, 6.07) is 0. The van der Waals surface area contributed by atoms with E-state index in [0.29, 0.717) is 12.8 Å². The number of ether oxygens (including phenoxy) is 2. The summed E-state index contributed by atoms with van der Waals surface area (Å²) in [5, 5.41) is 9.55. The number of unbranched alkanes of at least 4 members (excludes halogenated alkanes) is 20. The summed E-state index contributed by atoms with van der Waals surface area (Å²) >= 11 is 0. The third-order valence-corrected chi connectivity index (χ3v) is 8.60.